The SMILES string of the molecule is CC(C)C(C)(c1ccc(Br)cc1)c1noc(-c2cnc(=O)[nH]c2)n1. The Morgan fingerprint density at radius 2 is 1.96 bits per heavy atom. The highest BCUT2D eigenvalue weighted by molar-refractivity contribution is 9.10. The molecule has 24 heavy (non-hydrogen) atoms. The number of H-pyrrole nitrogens is 1. The summed E-state index contributed by atoms with van der Waals surface area (Å²) in [6, 6.07) is 8.12. The summed E-state index contributed by atoms with van der Waals surface area (Å²) in [5.74, 6) is 1.18. The van der Waals surface area contributed by atoms with E-state index in [4.69, 9.17) is 4.52 Å². The molecule has 2 aromatic heterocycles. The van der Waals surface area contributed by atoms with Crippen LogP contribution in [-0.2, 0) is 5.41 Å². The molecule has 0 aliphatic rings. The molecule has 0 aliphatic carbocycles. The Kier molecular flexibility index (Phi) is 4.36. The molecule has 0 saturated heterocycles. The molecule has 7 heteroatoms. The van der Waals surface area contributed by atoms with Gasteiger partial charge in [0.25, 0.3) is 5.89 Å². The summed E-state index contributed by atoms with van der Waals surface area (Å²) in [5.41, 5.74) is 0.862. The highest BCUT2D eigenvalue weighted by Gasteiger charge is 2.37. The van der Waals surface area contributed by atoms with Gasteiger partial charge in [0.1, 0.15) is 0 Å². The molecule has 3 rings (SSSR count). The van der Waals surface area contributed by atoms with Crippen molar-refractivity contribution in [2.24, 2.45) is 5.92 Å². The molecule has 0 aliphatic heterocycles. The summed E-state index contributed by atoms with van der Waals surface area (Å²) in [5, 5.41) is 4.19. The second-order valence-corrected chi connectivity index (χ2v) is 7.01. The molecular formula is C17H17BrN4O2. The third kappa shape index (κ3) is 2.91. The lowest BCUT2D eigenvalue weighted by atomic mass is 9.73. The van der Waals surface area contributed by atoms with Crippen molar-refractivity contribution in [2.75, 3.05) is 0 Å². The molecule has 0 bridgehead atoms. The van der Waals surface area contributed by atoms with Gasteiger partial charge in [-0.2, -0.15) is 4.98 Å². The van der Waals surface area contributed by atoms with Crippen LogP contribution in [0.5, 0.6) is 0 Å². The number of halogens is 1. The fraction of sp³-hybridized carbons (Fsp3) is 0.294. The normalized spacial score (nSPS) is 13.9. The molecule has 0 spiro atoms. The number of aromatic amines is 1. The summed E-state index contributed by atoms with van der Waals surface area (Å²) in [6.45, 7) is 6.35. The van der Waals surface area contributed by atoms with E-state index in [0.29, 0.717) is 17.3 Å². The minimum absolute atomic E-state index is 0.248. The van der Waals surface area contributed by atoms with Gasteiger partial charge >= 0.3 is 5.69 Å². The predicted molar refractivity (Wildman–Crippen MR) is 93.6 cm³/mol. The fourth-order valence-electron chi connectivity index (χ4n) is 2.53. The lowest BCUT2D eigenvalue weighted by Crippen LogP contribution is -2.31. The maximum absolute atomic E-state index is 11.1. The molecule has 0 radical (unpaired) electrons. The Labute approximate surface area is 147 Å². The first-order chi connectivity index (χ1) is 11.4. The number of benzene rings is 1. The van der Waals surface area contributed by atoms with Gasteiger partial charge in [-0.05, 0) is 30.5 Å². The van der Waals surface area contributed by atoms with Gasteiger partial charge in [0.15, 0.2) is 5.82 Å². The van der Waals surface area contributed by atoms with Crippen molar-refractivity contribution < 1.29 is 4.52 Å². The highest BCUT2D eigenvalue weighted by Crippen LogP contribution is 2.38. The molecule has 1 unspecified atom stereocenters. The van der Waals surface area contributed by atoms with E-state index in [2.05, 4.69) is 68.9 Å². The lowest BCUT2D eigenvalue weighted by Gasteiger charge is -2.31. The Bertz CT molecular complexity index is 881. The standard InChI is InChI=1S/C17H17BrN4O2/c1-10(2)17(3,12-4-6-13(18)7-5-12)15-21-14(24-22-15)11-8-19-16(23)20-9-11/h4-10H,1-3H3,(H,19,20,23). The molecule has 0 saturated carbocycles. The van der Waals surface area contributed by atoms with Gasteiger partial charge < -0.3 is 9.51 Å². The second-order valence-electron chi connectivity index (χ2n) is 6.09. The van der Waals surface area contributed by atoms with Crippen LogP contribution in [-0.4, -0.2) is 20.1 Å². The highest BCUT2D eigenvalue weighted by atomic mass is 79.9. The van der Waals surface area contributed by atoms with E-state index in [1.165, 1.54) is 12.4 Å². The van der Waals surface area contributed by atoms with Gasteiger partial charge in [-0.3, -0.25) is 0 Å². The second kappa shape index (κ2) is 6.32. The third-order valence-corrected chi connectivity index (χ3v) is 4.94. The number of nitrogens with zero attached hydrogens (tertiary/aromatic N) is 3. The van der Waals surface area contributed by atoms with Crippen LogP contribution in [0, 0.1) is 5.92 Å². The number of hydrogen-bond donors (Lipinski definition) is 1. The molecule has 124 valence electrons. The topological polar surface area (TPSA) is 84.7 Å². The van der Waals surface area contributed by atoms with Crippen molar-refractivity contribution in [2.45, 2.75) is 26.2 Å². The average Bonchev–Trinajstić information content (AvgIpc) is 3.05. The van der Waals surface area contributed by atoms with E-state index >= 15 is 0 Å². The smallest absolute Gasteiger partial charge is 0.334 e. The number of rotatable bonds is 4. The number of nitrogens with one attached hydrogen (secondary N) is 1. The third-order valence-electron chi connectivity index (χ3n) is 4.41. The first-order valence-electron chi connectivity index (χ1n) is 7.56. The Morgan fingerprint density at radius 3 is 2.54 bits per heavy atom. The van der Waals surface area contributed by atoms with Crippen LogP contribution in [0.25, 0.3) is 11.5 Å². The monoisotopic (exact) mass is 388 g/mol. The predicted octanol–water partition coefficient (Wildman–Crippen LogP) is 3.54. The molecule has 1 N–H and O–H groups in total. The zero-order valence-corrected chi connectivity index (χ0v) is 15.2. The molecule has 0 amide bonds. The van der Waals surface area contributed by atoms with Gasteiger partial charge in [-0.15, -0.1) is 0 Å². The Hall–Kier alpha value is -2.28. The summed E-state index contributed by atoms with van der Waals surface area (Å²) >= 11 is 3.46. The zero-order valence-electron chi connectivity index (χ0n) is 13.6. The fourth-order valence-corrected chi connectivity index (χ4v) is 2.79. The summed E-state index contributed by atoms with van der Waals surface area (Å²) in [4.78, 5) is 21.8. The van der Waals surface area contributed by atoms with Gasteiger partial charge in [0, 0.05) is 16.9 Å². The van der Waals surface area contributed by atoms with Crippen LogP contribution < -0.4 is 5.69 Å². The minimum Gasteiger partial charge on any atom is -0.334 e. The first-order valence-corrected chi connectivity index (χ1v) is 8.36. The first kappa shape index (κ1) is 16.6. The summed E-state index contributed by atoms with van der Waals surface area (Å²) in [6.07, 6.45) is 2.93. The molecular weight excluding hydrogens is 372 g/mol. The maximum Gasteiger partial charge on any atom is 0.344 e. The van der Waals surface area contributed by atoms with Gasteiger partial charge in [0.05, 0.1) is 11.0 Å². The van der Waals surface area contributed by atoms with E-state index in [9.17, 15) is 4.79 Å². The van der Waals surface area contributed by atoms with Crippen molar-refractivity contribution in [1.29, 1.82) is 0 Å². The van der Waals surface area contributed by atoms with Crippen LogP contribution in [0.4, 0.5) is 0 Å². The molecule has 1 aromatic carbocycles. The number of aromatic nitrogens is 4. The molecule has 1 atom stereocenters. The quantitative estimate of drug-likeness (QED) is 0.738. The largest absolute Gasteiger partial charge is 0.344 e. The van der Waals surface area contributed by atoms with E-state index < -0.39 is 11.1 Å². The average molecular weight is 389 g/mol. The lowest BCUT2D eigenvalue weighted by molar-refractivity contribution is 0.350. The molecule has 0 fully saturated rings. The van der Waals surface area contributed by atoms with Gasteiger partial charge in [-0.1, -0.05) is 47.1 Å². The number of hydrogen-bond acceptors (Lipinski definition) is 5. The zero-order chi connectivity index (χ0) is 17.3. The van der Waals surface area contributed by atoms with E-state index in [-0.39, 0.29) is 5.92 Å². The van der Waals surface area contributed by atoms with Crippen molar-refractivity contribution >= 4 is 15.9 Å². The summed E-state index contributed by atoms with van der Waals surface area (Å²) in [7, 11) is 0. The van der Waals surface area contributed by atoms with Crippen LogP contribution in [0.15, 0.2) is 50.4 Å². The Morgan fingerprint density at radius 1 is 1.25 bits per heavy atom. The molecule has 6 nitrogen and oxygen atoms in total. The van der Waals surface area contributed by atoms with Crippen LogP contribution in [0.1, 0.15) is 32.2 Å². The van der Waals surface area contributed by atoms with Crippen molar-refractivity contribution in [1.82, 2.24) is 20.1 Å². The van der Waals surface area contributed by atoms with Crippen molar-refractivity contribution in [3.05, 3.63) is 63.0 Å². The van der Waals surface area contributed by atoms with E-state index in [1.807, 2.05) is 12.1 Å². The minimum atomic E-state index is -0.416. The Balaban J connectivity index is 2.05. The van der Waals surface area contributed by atoms with Crippen molar-refractivity contribution in [3.8, 4) is 11.5 Å². The van der Waals surface area contributed by atoms with E-state index in [0.717, 1.165) is 10.0 Å². The maximum atomic E-state index is 11.1. The summed E-state index contributed by atoms with van der Waals surface area (Å²) < 4.78 is 6.42. The molecule has 3 aromatic rings. The van der Waals surface area contributed by atoms with Crippen molar-refractivity contribution in [3.63, 3.8) is 0 Å². The van der Waals surface area contributed by atoms with Crippen LogP contribution >= 0.6 is 15.9 Å². The van der Waals surface area contributed by atoms with Crippen LogP contribution in [0.3, 0.4) is 0 Å². The van der Waals surface area contributed by atoms with E-state index in [1.54, 1.807) is 0 Å². The van der Waals surface area contributed by atoms with Gasteiger partial charge in [0.2, 0.25) is 0 Å². The van der Waals surface area contributed by atoms with Gasteiger partial charge in [-0.25, -0.2) is 9.78 Å². The van der Waals surface area contributed by atoms with Crippen LogP contribution in [0.2, 0.25) is 0 Å². The molecule has 2 heterocycles.